The highest BCUT2D eigenvalue weighted by molar-refractivity contribution is 7.15. The molecule has 0 fully saturated rings. The van der Waals surface area contributed by atoms with Crippen molar-refractivity contribution in [2.75, 3.05) is 5.32 Å². The number of anilines is 1. The quantitative estimate of drug-likeness (QED) is 0.492. The first-order valence-corrected chi connectivity index (χ1v) is 10.4. The number of para-hydroxylation sites is 1. The second-order valence-electron chi connectivity index (χ2n) is 6.13. The Morgan fingerprint density at radius 1 is 1.17 bits per heavy atom. The van der Waals surface area contributed by atoms with Crippen LogP contribution < -0.4 is 10.9 Å². The molecule has 0 spiro atoms. The highest BCUT2D eigenvalue weighted by Crippen LogP contribution is 2.19. The fourth-order valence-electron chi connectivity index (χ4n) is 2.75. The van der Waals surface area contributed by atoms with Crippen molar-refractivity contribution in [3.63, 3.8) is 0 Å². The standard InChI is InChI=1S/C20H15N3O4S2/c1-12-11-29-20-21-13(9-17(24)23(12)20)10-27-19(26)14-5-2-3-6-15(14)22-18(25)16-7-4-8-28-16/h2-9,11H,10H2,1H3,(H,22,25). The number of amides is 1. The van der Waals surface area contributed by atoms with E-state index in [4.69, 9.17) is 4.74 Å². The zero-order valence-corrected chi connectivity index (χ0v) is 16.9. The third kappa shape index (κ3) is 3.96. The molecule has 4 rings (SSSR count). The SMILES string of the molecule is Cc1csc2nc(COC(=O)c3ccccc3NC(=O)c3cccs3)cc(=O)n12. The molecule has 146 valence electrons. The van der Waals surface area contributed by atoms with Crippen LogP contribution in [0.4, 0.5) is 5.69 Å². The van der Waals surface area contributed by atoms with Gasteiger partial charge < -0.3 is 10.1 Å². The number of aryl methyl sites for hydroxylation is 1. The minimum absolute atomic E-state index is 0.144. The van der Waals surface area contributed by atoms with Crippen LogP contribution in [0.1, 0.15) is 31.4 Å². The van der Waals surface area contributed by atoms with Gasteiger partial charge in [-0.3, -0.25) is 14.0 Å². The number of rotatable bonds is 5. The maximum Gasteiger partial charge on any atom is 0.340 e. The summed E-state index contributed by atoms with van der Waals surface area (Å²) in [5, 5.41) is 6.37. The summed E-state index contributed by atoms with van der Waals surface area (Å²) >= 11 is 2.65. The smallest absolute Gasteiger partial charge is 0.340 e. The van der Waals surface area contributed by atoms with Crippen LogP contribution in [0.25, 0.3) is 4.96 Å². The first-order chi connectivity index (χ1) is 14.0. The molecule has 0 radical (unpaired) electrons. The Morgan fingerprint density at radius 3 is 2.79 bits per heavy atom. The molecule has 0 aliphatic carbocycles. The summed E-state index contributed by atoms with van der Waals surface area (Å²) in [4.78, 5) is 42.5. The highest BCUT2D eigenvalue weighted by atomic mass is 32.1. The van der Waals surface area contributed by atoms with Gasteiger partial charge in [-0.25, -0.2) is 9.78 Å². The van der Waals surface area contributed by atoms with Crippen LogP contribution in [0, 0.1) is 6.92 Å². The number of esters is 1. The second kappa shape index (κ2) is 7.98. The minimum atomic E-state index is -0.614. The Bertz CT molecular complexity index is 1260. The monoisotopic (exact) mass is 425 g/mol. The van der Waals surface area contributed by atoms with Crippen LogP contribution in [0.15, 0.2) is 58.0 Å². The van der Waals surface area contributed by atoms with Gasteiger partial charge in [0.15, 0.2) is 4.96 Å². The molecule has 4 aromatic rings. The Morgan fingerprint density at radius 2 is 2.00 bits per heavy atom. The van der Waals surface area contributed by atoms with Crippen molar-refractivity contribution in [3.05, 3.63) is 85.4 Å². The van der Waals surface area contributed by atoms with Gasteiger partial charge in [0, 0.05) is 17.1 Å². The van der Waals surface area contributed by atoms with Gasteiger partial charge in [-0.2, -0.15) is 0 Å². The van der Waals surface area contributed by atoms with E-state index in [0.717, 1.165) is 5.69 Å². The van der Waals surface area contributed by atoms with E-state index in [2.05, 4.69) is 10.3 Å². The number of thiophene rings is 1. The van der Waals surface area contributed by atoms with Gasteiger partial charge >= 0.3 is 5.97 Å². The van der Waals surface area contributed by atoms with Crippen LogP contribution >= 0.6 is 22.7 Å². The van der Waals surface area contributed by atoms with E-state index >= 15 is 0 Å². The van der Waals surface area contributed by atoms with Crippen molar-refractivity contribution in [3.8, 4) is 0 Å². The molecule has 29 heavy (non-hydrogen) atoms. The molecule has 0 aliphatic heterocycles. The van der Waals surface area contributed by atoms with Gasteiger partial charge in [0.2, 0.25) is 0 Å². The normalized spacial score (nSPS) is 10.8. The van der Waals surface area contributed by atoms with E-state index < -0.39 is 5.97 Å². The van der Waals surface area contributed by atoms with Crippen LogP contribution in [0.5, 0.6) is 0 Å². The fraction of sp³-hybridized carbons (Fsp3) is 0.100. The first kappa shape index (κ1) is 19.0. The van der Waals surface area contributed by atoms with Gasteiger partial charge in [0.05, 0.1) is 21.8 Å². The first-order valence-electron chi connectivity index (χ1n) is 8.61. The van der Waals surface area contributed by atoms with Crippen molar-refractivity contribution >= 4 is 45.2 Å². The van der Waals surface area contributed by atoms with Crippen molar-refractivity contribution in [1.29, 1.82) is 0 Å². The number of aromatic nitrogens is 2. The number of hydrogen-bond acceptors (Lipinski definition) is 7. The summed E-state index contributed by atoms with van der Waals surface area (Å²) in [5.74, 6) is -0.912. The highest BCUT2D eigenvalue weighted by Gasteiger charge is 2.16. The number of nitrogens with zero attached hydrogens (tertiary/aromatic N) is 2. The second-order valence-corrected chi connectivity index (χ2v) is 7.92. The predicted molar refractivity (Wildman–Crippen MR) is 112 cm³/mol. The molecule has 0 unspecified atom stereocenters. The summed E-state index contributed by atoms with van der Waals surface area (Å²) in [6, 6.07) is 11.4. The number of nitrogens with one attached hydrogen (secondary N) is 1. The van der Waals surface area contributed by atoms with Crippen LogP contribution in [-0.2, 0) is 11.3 Å². The molecule has 0 bridgehead atoms. The molecule has 0 saturated heterocycles. The molecule has 1 aromatic carbocycles. The fourth-order valence-corrected chi connectivity index (χ4v) is 4.26. The summed E-state index contributed by atoms with van der Waals surface area (Å²) < 4.78 is 6.85. The van der Waals surface area contributed by atoms with Crippen LogP contribution in [0.2, 0.25) is 0 Å². The van der Waals surface area contributed by atoms with Crippen molar-refractivity contribution in [1.82, 2.24) is 9.38 Å². The predicted octanol–water partition coefficient (Wildman–Crippen LogP) is 3.74. The Hall–Kier alpha value is -3.30. The Kier molecular flexibility index (Phi) is 5.24. The number of hydrogen-bond donors (Lipinski definition) is 1. The molecule has 0 atom stereocenters. The van der Waals surface area contributed by atoms with Crippen LogP contribution in [0.3, 0.4) is 0 Å². The molecule has 9 heteroatoms. The van der Waals surface area contributed by atoms with E-state index in [1.165, 1.54) is 33.1 Å². The van der Waals surface area contributed by atoms with Crippen LogP contribution in [-0.4, -0.2) is 21.3 Å². The average molecular weight is 425 g/mol. The number of carbonyl (C=O) groups excluding carboxylic acids is 2. The lowest BCUT2D eigenvalue weighted by atomic mass is 10.1. The molecule has 1 N–H and O–H groups in total. The van der Waals surface area contributed by atoms with Gasteiger partial charge in [0.1, 0.15) is 6.61 Å². The van der Waals surface area contributed by atoms with E-state index in [-0.39, 0.29) is 23.6 Å². The maximum atomic E-state index is 12.6. The van der Waals surface area contributed by atoms with Crippen molar-refractivity contribution in [2.24, 2.45) is 0 Å². The van der Waals surface area contributed by atoms with E-state index in [1.807, 2.05) is 12.3 Å². The molecule has 1 amide bonds. The zero-order chi connectivity index (χ0) is 20.4. The topological polar surface area (TPSA) is 89.8 Å². The molecule has 0 aliphatic rings. The summed E-state index contributed by atoms with van der Waals surface area (Å²) in [6.45, 7) is 1.68. The lowest BCUT2D eigenvalue weighted by Gasteiger charge is -2.10. The lowest BCUT2D eigenvalue weighted by molar-refractivity contribution is 0.0469. The third-order valence-electron chi connectivity index (χ3n) is 4.12. The molecule has 7 nitrogen and oxygen atoms in total. The molecular weight excluding hydrogens is 410 g/mol. The number of thiazole rings is 1. The molecule has 3 heterocycles. The number of ether oxygens (including phenoxy) is 1. The van der Waals surface area contributed by atoms with Gasteiger partial charge in [-0.15, -0.1) is 22.7 Å². The van der Waals surface area contributed by atoms with E-state index in [9.17, 15) is 14.4 Å². The minimum Gasteiger partial charge on any atom is -0.456 e. The summed E-state index contributed by atoms with van der Waals surface area (Å²) in [7, 11) is 0. The molecular formula is C20H15N3O4S2. The number of fused-ring (bicyclic) bond motifs is 1. The van der Waals surface area contributed by atoms with Gasteiger partial charge in [-0.05, 0) is 30.5 Å². The maximum absolute atomic E-state index is 12.6. The molecule has 0 saturated carbocycles. The largest absolute Gasteiger partial charge is 0.456 e. The summed E-state index contributed by atoms with van der Waals surface area (Å²) in [6.07, 6.45) is 0. The average Bonchev–Trinajstić information content (AvgIpc) is 3.37. The third-order valence-corrected chi connectivity index (χ3v) is 5.93. The van der Waals surface area contributed by atoms with Gasteiger partial charge in [-0.1, -0.05) is 18.2 Å². The summed E-state index contributed by atoms with van der Waals surface area (Å²) in [5.41, 5.74) is 1.53. The Labute approximate surface area is 173 Å². The molecule has 3 aromatic heterocycles. The van der Waals surface area contributed by atoms with Crippen molar-refractivity contribution < 1.29 is 14.3 Å². The lowest BCUT2D eigenvalue weighted by Crippen LogP contribution is -2.17. The van der Waals surface area contributed by atoms with E-state index in [1.54, 1.807) is 41.8 Å². The number of carbonyl (C=O) groups is 2. The van der Waals surface area contributed by atoms with Crippen molar-refractivity contribution in [2.45, 2.75) is 13.5 Å². The van der Waals surface area contributed by atoms with Gasteiger partial charge in [0.25, 0.3) is 11.5 Å². The zero-order valence-electron chi connectivity index (χ0n) is 15.2. The Balaban J connectivity index is 1.50. The number of benzene rings is 1. The van der Waals surface area contributed by atoms with E-state index in [0.29, 0.717) is 21.2 Å².